The molecule has 0 saturated carbocycles. The number of nitrogens with zero attached hydrogens (tertiary/aromatic N) is 1. The predicted molar refractivity (Wildman–Crippen MR) is 125 cm³/mol. The van der Waals surface area contributed by atoms with Gasteiger partial charge in [-0.05, 0) is 30.4 Å². The van der Waals surface area contributed by atoms with Crippen molar-refractivity contribution in [2.45, 2.75) is 49.3 Å². The lowest BCUT2D eigenvalue weighted by molar-refractivity contribution is -0.142. The van der Waals surface area contributed by atoms with Crippen LogP contribution in [0.15, 0.2) is 24.3 Å². The molecule has 1 spiro atoms. The number of para-hydroxylation sites is 1. The third kappa shape index (κ3) is 3.25. The second-order valence-electron chi connectivity index (χ2n) is 9.38. The molecule has 3 fully saturated rings. The Morgan fingerprint density at radius 3 is 2.59 bits per heavy atom. The van der Waals surface area contributed by atoms with Crippen LogP contribution in [0.25, 0.3) is 0 Å². The predicted octanol–water partition coefficient (Wildman–Crippen LogP) is 2.38. The number of amides is 3. The molecule has 3 aliphatic heterocycles. The van der Waals surface area contributed by atoms with Gasteiger partial charge in [-0.25, -0.2) is 0 Å². The molecule has 0 aromatic heterocycles. The minimum Gasteiger partial charge on any atom is -0.394 e. The minimum atomic E-state index is -0.810. The number of benzene rings is 1. The molecule has 174 valence electrons. The van der Waals surface area contributed by atoms with Crippen molar-refractivity contribution in [1.82, 2.24) is 10.2 Å². The summed E-state index contributed by atoms with van der Waals surface area (Å²) >= 11 is 7.90. The van der Waals surface area contributed by atoms with Gasteiger partial charge >= 0.3 is 0 Å². The summed E-state index contributed by atoms with van der Waals surface area (Å²) in [5.74, 6) is -1.79. The highest BCUT2D eigenvalue weighted by molar-refractivity contribution is 8.02. The molecule has 9 heteroatoms. The van der Waals surface area contributed by atoms with Gasteiger partial charge in [0.25, 0.3) is 0 Å². The third-order valence-electron chi connectivity index (χ3n) is 7.43. The highest BCUT2D eigenvalue weighted by Gasteiger charge is 2.76. The van der Waals surface area contributed by atoms with E-state index >= 15 is 0 Å². The SMILES string of the molecule is CNC(=O)[C@@H]1[C@@H]2CC(C)C3(S2)C(C(=O)Nc2ccccc2Cl)N([C@@H](CO)C(C)C)C(=O)[C@H]13. The van der Waals surface area contributed by atoms with E-state index in [1.54, 1.807) is 48.0 Å². The lowest BCUT2D eigenvalue weighted by atomic mass is 9.66. The molecule has 7 nitrogen and oxygen atoms in total. The van der Waals surface area contributed by atoms with E-state index in [2.05, 4.69) is 17.6 Å². The number of carbonyl (C=O) groups excluding carboxylic acids is 3. The Balaban J connectivity index is 1.82. The van der Waals surface area contributed by atoms with Gasteiger partial charge in [0.15, 0.2) is 0 Å². The van der Waals surface area contributed by atoms with Gasteiger partial charge in [0, 0.05) is 12.3 Å². The van der Waals surface area contributed by atoms with E-state index in [0.717, 1.165) is 6.42 Å². The zero-order valence-corrected chi connectivity index (χ0v) is 20.2. The quantitative estimate of drug-likeness (QED) is 0.582. The molecule has 3 N–H and O–H groups in total. The van der Waals surface area contributed by atoms with Crippen molar-refractivity contribution in [3.8, 4) is 0 Å². The first-order valence-electron chi connectivity index (χ1n) is 11.1. The number of anilines is 1. The van der Waals surface area contributed by atoms with Crippen LogP contribution in [-0.4, -0.2) is 63.5 Å². The van der Waals surface area contributed by atoms with E-state index in [1.807, 2.05) is 13.8 Å². The van der Waals surface area contributed by atoms with E-state index in [4.69, 9.17) is 11.6 Å². The van der Waals surface area contributed by atoms with Gasteiger partial charge in [0.2, 0.25) is 17.7 Å². The van der Waals surface area contributed by atoms with Crippen LogP contribution in [0.1, 0.15) is 27.2 Å². The van der Waals surface area contributed by atoms with Crippen molar-refractivity contribution in [1.29, 1.82) is 0 Å². The molecular weight excluding hydrogens is 450 g/mol. The maximum absolute atomic E-state index is 13.9. The molecule has 3 amide bonds. The normalized spacial score (nSPS) is 34.0. The molecule has 32 heavy (non-hydrogen) atoms. The Kier molecular flexibility index (Phi) is 6.24. The molecule has 1 aromatic rings. The van der Waals surface area contributed by atoms with Gasteiger partial charge in [-0.2, -0.15) is 0 Å². The first-order valence-corrected chi connectivity index (χ1v) is 12.3. The van der Waals surface area contributed by atoms with E-state index in [-0.39, 0.29) is 41.4 Å². The van der Waals surface area contributed by atoms with Crippen LogP contribution < -0.4 is 10.6 Å². The summed E-state index contributed by atoms with van der Waals surface area (Å²) in [5, 5.41) is 16.2. The summed E-state index contributed by atoms with van der Waals surface area (Å²) in [6.07, 6.45) is 0.766. The van der Waals surface area contributed by atoms with Gasteiger partial charge < -0.3 is 20.6 Å². The van der Waals surface area contributed by atoms with Gasteiger partial charge in [-0.3, -0.25) is 14.4 Å². The number of rotatable bonds is 6. The third-order valence-corrected chi connectivity index (χ3v) is 9.83. The fraction of sp³-hybridized carbons (Fsp3) is 0.609. The second kappa shape index (κ2) is 8.54. The number of likely N-dealkylation sites (tertiary alicyclic amines) is 1. The molecule has 3 aliphatic rings. The minimum absolute atomic E-state index is 0.0108. The number of fused-ring (bicyclic) bond motifs is 1. The molecule has 4 rings (SSSR count). The molecule has 3 heterocycles. The molecule has 3 unspecified atom stereocenters. The first kappa shape index (κ1) is 23.4. The van der Waals surface area contributed by atoms with Gasteiger partial charge in [0.05, 0.1) is 39.9 Å². The smallest absolute Gasteiger partial charge is 0.248 e. The van der Waals surface area contributed by atoms with Crippen molar-refractivity contribution in [3.05, 3.63) is 29.3 Å². The fourth-order valence-electron chi connectivity index (χ4n) is 5.97. The van der Waals surface area contributed by atoms with Crippen LogP contribution in [0.3, 0.4) is 0 Å². The van der Waals surface area contributed by atoms with Crippen LogP contribution in [-0.2, 0) is 14.4 Å². The number of thioether (sulfide) groups is 1. The maximum Gasteiger partial charge on any atom is 0.248 e. The van der Waals surface area contributed by atoms with Crippen LogP contribution in [0.4, 0.5) is 5.69 Å². The Hall–Kier alpha value is -1.77. The molecule has 0 radical (unpaired) electrons. The number of hydrogen-bond acceptors (Lipinski definition) is 5. The van der Waals surface area contributed by atoms with E-state index < -0.39 is 28.7 Å². The van der Waals surface area contributed by atoms with E-state index in [1.165, 1.54) is 0 Å². The number of nitrogens with one attached hydrogen (secondary N) is 2. The summed E-state index contributed by atoms with van der Waals surface area (Å²) < 4.78 is -0.730. The summed E-state index contributed by atoms with van der Waals surface area (Å²) in [4.78, 5) is 42.1. The molecule has 1 aromatic carbocycles. The number of halogens is 1. The standard InChI is InChI=1S/C23H30ClN3O4S/c1-11(2)15(10-28)27-19(21(30)26-14-8-6-5-7-13(14)24)23-12(3)9-16(32-23)17(20(29)25-4)18(23)22(27)31/h5-8,11-12,15-19,28H,9-10H2,1-4H3,(H,25,29)(H,26,30)/t12?,15-,16-,17+,18-,19?,23?/m0/s1. The zero-order chi connectivity index (χ0) is 23.4. The Bertz CT molecular complexity index is 944. The summed E-state index contributed by atoms with van der Waals surface area (Å²) in [5.41, 5.74) is 0.476. The highest BCUT2D eigenvalue weighted by atomic mass is 35.5. The average molecular weight is 480 g/mol. The summed E-state index contributed by atoms with van der Waals surface area (Å²) in [6, 6.07) is 5.64. The van der Waals surface area contributed by atoms with Crippen LogP contribution in [0.5, 0.6) is 0 Å². The Labute approximate surface area is 197 Å². The van der Waals surface area contributed by atoms with Crippen molar-refractivity contribution >= 4 is 46.8 Å². The van der Waals surface area contributed by atoms with E-state index in [9.17, 15) is 19.5 Å². The Morgan fingerprint density at radius 1 is 1.31 bits per heavy atom. The molecule has 3 saturated heterocycles. The van der Waals surface area contributed by atoms with E-state index in [0.29, 0.717) is 10.7 Å². The van der Waals surface area contributed by atoms with Crippen molar-refractivity contribution in [2.75, 3.05) is 19.0 Å². The number of carbonyl (C=O) groups is 3. The van der Waals surface area contributed by atoms with Crippen molar-refractivity contribution in [3.63, 3.8) is 0 Å². The number of hydrogen-bond donors (Lipinski definition) is 3. The largest absolute Gasteiger partial charge is 0.394 e. The molecular formula is C23H30ClN3O4S. The second-order valence-corrected chi connectivity index (χ2v) is 11.3. The van der Waals surface area contributed by atoms with Crippen LogP contribution in [0.2, 0.25) is 5.02 Å². The molecule has 7 atom stereocenters. The molecule has 0 aliphatic carbocycles. The van der Waals surface area contributed by atoms with Crippen LogP contribution in [0, 0.1) is 23.7 Å². The Morgan fingerprint density at radius 2 is 2.00 bits per heavy atom. The monoisotopic (exact) mass is 479 g/mol. The zero-order valence-electron chi connectivity index (χ0n) is 18.7. The molecule has 2 bridgehead atoms. The number of aliphatic hydroxyl groups excluding tert-OH is 1. The maximum atomic E-state index is 13.9. The van der Waals surface area contributed by atoms with Gasteiger partial charge in [-0.15, -0.1) is 11.8 Å². The summed E-state index contributed by atoms with van der Waals surface area (Å²) in [6.45, 7) is 5.66. The van der Waals surface area contributed by atoms with Gasteiger partial charge in [0.1, 0.15) is 6.04 Å². The van der Waals surface area contributed by atoms with Crippen LogP contribution >= 0.6 is 23.4 Å². The lowest BCUT2D eigenvalue weighted by Gasteiger charge is -2.40. The first-order chi connectivity index (χ1) is 15.2. The van der Waals surface area contributed by atoms with Gasteiger partial charge in [-0.1, -0.05) is 44.5 Å². The summed E-state index contributed by atoms with van der Waals surface area (Å²) in [7, 11) is 1.58. The number of aliphatic hydroxyl groups is 1. The fourth-order valence-corrected chi connectivity index (χ4v) is 8.56. The van der Waals surface area contributed by atoms with Crippen molar-refractivity contribution in [2.24, 2.45) is 23.7 Å². The lowest BCUT2D eigenvalue weighted by Crippen LogP contribution is -2.57. The average Bonchev–Trinajstić information content (AvgIpc) is 3.34. The van der Waals surface area contributed by atoms with Crippen molar-refractivity contribution < 1.29 is 19.5 Å². The highest BCUT2D eigenvalue weighted by Crippen LogP contribution is 2.68. The topological polar surface area (TPSA) is 98.7 Å².